The molecule has 0 fully saturated rings. The number of carboxylic acid groups (broad SMARTS) is 1. The number of hydrogen-bond acceptors (Lipinski definition) is 4. The number of benzene rings is 2. The third-order valence-corrected chi connectivity index (χ3v) is 7.72. The average molecular weight is 468 g/mol. The fourth-order valence-electron chi connectivity index (χ4n) is 3.16. The van der Waals surface area contributed by atoms with Crippen LogP contribution in [0.25, 0.3) is 10.9 Å². The van der Waals surface area contributed by atoms with Crippen molar-refractivity contribution >= 4 is 38.2 Å². The van der Waals surface area contributed by atoms with Gasteiger partial charge in [-0.1, -0.05) is 47.7 Å². The highest BCUT2D eigenvalue weighted by Gasteiger charge is 2.27. The Morgan fingerprint density at radius 1 is 1.16 bits per heavy atom. The Balaban J connectivity index is 1.50. The number of aliphatic carboxylic acids is 1. The number of aromatic amines is 1. The van der Waals surface area contributed by atoms with Gasteiger partial charge in [-0.2, -0.15) is 4.72 Å². The molecule has 32 heavy (non-hydrogen) atoms. The number of rotatable bonds is 6. The molecule has 0 saturated carbocycles. The number of aromatic nitrogens is 1. The number of H-pyrrole nitrogens is 1. The topological polar surface area (TPSA) is 99.3 Å². The summed E-state index contributed by atoms with van der Waals surface area (Å²) in [7, 11) is -4.10. The molecule has 0 aliphatic carbocycles. The predicted molar refractivity (Wildman–Crippen MR) is 125 cm³/mol. The molecule has 0 aliphatic heterocycles. The molecule has 2 aromatic carbocycles. The Bertz CT molecular complexity index is 1540. The van der Waals surface area contributed by atoms with Crippen molar-refractivity contribution in [3.8, 4) is 11.8 Å². The molecule has 2 heterocycles. The van der Waals surface area contributed by atoms with Gasteiger partial charge in [-0.15, -0.1) is 11.3 Å². The zero-order valence-corrected chi connectivity index (χ0v) is 18.3. The summed E-state index contributed by atoms with van der Waals surface area (Å²) in [6.07, 6.45) is 1.65. The Hall–Kier alpha value is -3.38. The minimum Gasteiger partial charge on any atom is -0.480 e. The van der Waals surface area contributed by atoms with Crippen LogP contribution < -0.4 is 4.72 Å². The number of carboxylic acids is 1. The quantitative estimate of drug-likeness (QED) is 0.374. The van der Waals surface area contributed by atoms with E-state index in [9.17, 15) is 18.3 Å². The summed E-state index contributed by atoms with van der Waals surface area (Å²) in [6, 6.07) is 15.1. The summed E-state index contributed by atoms with van der Waals surface area (Å²) in [5, 5.41) is 10.5. The molecular weight excluding hydrogens is 444 g/mol. The van der Waals surface area contributed by atoms with E-state index in [1.807, 2.05) is 24.3 Å². The van der Waals surface area contributed by atoms with Crippen LogP contribution in [-0.2, 0) is 21.2 Å². The minimum atomic E-state index is -4.10. The number of thiophene rings is 1. The van der Waals surface area contributed by atoms with Crippen LogP contribution in [0.2, 0.25) is 0 Å². The van der Waals surface area contributed by atoms with Crippen LogP contribution in [0, 0.1) is 18.7 Å². The van der Waals surface area contributed by atoms with E-state index in [1.54, 1.807) is 24.4 Å². The van der Waals surface area contributed by atoms with E-state index >= 15 is 0 Å². The fraction of sp³-hybridized carbons (Fsp3) is 0.125. The third-order valence-electron chi connectivity index (χ3n) is 4.76. The van der Waals surface area contributed by atoms with Crippen molar-refractivity contribution in [2.24, 2.45) is 0 Å². The second-order valence-electron chi connectivity index (χ2n) is 7.02. The van der Waals surface area contributed by atoms with E-state index in [-0.39, 0.29) is 16.2 Å². The molecule has 0 saturated heterocycles. The second-order valence-corrected chi connectivity index (χ2v) is 10.0. The molecule has 0 unspecified atom stereocenters. The van der Waals surface area contributed by atoms with E-state index in [0.717, 1.165) is 22.2 Å². The molecule has 162 valence electrons. The first-order valence-electron chi connectivity index (χ1n) is 11.1. The van der Waals surface area contributed by atoms with E-state index in [2.05, 4.69) is 21.5 Å². The van der Waals surface area contributed by atoms with Gasteiger partial charge in [-0.05, 0) is 42.7 Å². The van der Waals surface area contributed by atoms with Crippen LogP contribution in [0.1, 0.15) is 25.7 Å². The lowest BCUT2D eigenvalue weighted by Crippen LogP contribution is -2.41. The van der Waals surface area contributed by atoms with Crippen LogP contribution in [0.3, 0.4) is 0 Å². The number of para-hydroxylation sites is 1. The number of aryl methyl sites for hydroxylation is 1. The van der Waals surface area contributed by atoms with Crippen molar-refractivity contribution in [3.63, 3.8) is 0 Å². The third kappa shape index (κ3) is 4.92. The highest BCUT2D eigenvalue weighted by molar-refractivity contribution is 7.91. The van der Waals surface area contributed by atoms with Gasteiger partial charge in [0.25, 0.3) is 10.0 Å². The summed E-state index contributed by atoms with van der Waals surface area (Å²) in [5.41, 5.74) is 2.32. The number of sulfonamides is 1. The predicted octanol–water partition coefficient (Wildman–Crippen LogP) is 3.91. The van der Waals surface area contributed by atoms with Crippen molar-refractivity contribution in [1.29, 1.82) is 0 Å². The lowest BCUT2D eigenvalue weighted by atomic mass is 10.1. The van der Waals surface area contributed by atoms with Crippen LogP contribution in [0.4, 0.5) is 0 Å². The molecule has 6 nitrogen and oxygen atoms in total. The van der Waals surface area contributed by atoms with Crippen LogP contribution >= 0.6 is 11.3 Å². The molecule has 3 N–H and O–H groups in total. The lowest BCUT2D eigenvalue weighted by Gasteiger charge is -2.13. The largest absolute Gasteiger partial charge is 0.480 e. The molecule has 0 spiro atoms. The maximum absolute atomic E-state index is 12.9. The maximum atomic E-state index is 12.9. The standard InChI is InChI=1S/C24H20N2O4S2/c1-16-6-8-17(9-7-16)10-11-19-12-13-23(31-19)32(29,30)26-22(24(27)28)14-18-15-25-21-5-3-2-4-20(18)21/h2-9,12-13,15,22,25-26H,14H2,1H3,(H,27,28)/t22-/m1/s1/i1D3. The first kappa shape index (κ1) is 18.2. The van der Waals surface area contributed by atoms with Gasteiger partial charge in [0.15, 0.2) is 0 Å². The molecule has 0 amide bonds. The normalized spacial score (nSPS) is 14.1. The Kier molecular flexibility index (Phi) is 5.13. The van der Waals surface area contributed by atoms with E-state index in [4.69, 9.17) is 4.11 Å². The van der Waals surface area contributed by atoms with E-state index in [1.165, 1.54) is 18.2 Å². The Morgan fingerprint density at radius 3 is 2.69 bits per heavy atom. The van der Waals surface area contributed by atoms with Gasteiger partial charge in [0.1, 0.15) is 10.3 Å². The Labute approximate surface area is 194 Å². The number of hydrogen-bond donors (Lipinski definition) is 3. The first-order chi connectivity index (χ1) is 16.5. The smallest absolute Gasteiger partial charge is 0.322 e. The van der Waals surface area contributed by atoms with Gasteiger partial charge >= 0.3 is 5.97 Å². The highest BCUT2D eigenvalue weighted by atomic mass is 32.2. The van der Waals surface area contributed by atoms with Crippen LogP contribution in [0.15, 0.2) is 71.1 Å². The second kappa shape index (κ2) is 9.01. The van der Waals surface area contributed by atoms with Crippen molar-refractivity contribution in [3.05, 3.63) is 88.4 Å². The molecule has 0 radical (unpaired) electrons. The zero-order valence-electron chi connectivity index (χ0n) is 19.6. The van der Waals surface area contributed by atoms with Gasteiger partial charge in [-0.25, -0.2) is 8.42 Å². The molecule has 1 atom stereocenters. The minimum absolute atomic E-state index is 0.0249. The molecule has 0 aliphatic rings. The van der Waals surface area contributed by atoms with Crippen molar-refractivity contribution in [2.45, 2.75) is 23.5 Å². The van der Waals surface area contributed by atoms with Crippen molar-refractivity contribution < 1.29 is 22.4 Å². The summed E-state index contributed by atoms with van der Waals surface area (Å²) >= 11 is 0.918. The van der Waals surface area contributed by atoms with Crippen LogP contribution in [0.5, 0.6) is 0 Å². The number of carbonyl (C=O) groups is 1. The molecule has 4 rings (SSSR count). The zero-order chi connectivity index (χ0) is 25.2. The SMILES string of the molecule is [2H]C([2H])([2H])c1ccc(C#Cc2ccc(S(=O)(=O)N[C@H](Cc3c[nH]c4ccccc34)C(=O)O)s2)cc1. The molecule has 2 aromatic heterocycles. The van der Waals surface area contributed by atoms with Crippen molar-refractivity contribution in [2.75, 3.05) is 0 Å². The summed E-state index contributed by atoms with van der Waals surface area (Å²) < 4.78 is 50.2. The van der Waals surface area contributed by atoms with Gasteiger partial charge in [-0.3, -0.25) is 4.79 Å². The molecule has 8 heteroatoms. The molecule has 4 aromatic rings. The monoisotopic (exact) mass is 467 g/mol. The van der Waals surface area contributed by atoms with Crippen LogP contribution in [-0.4, -0.2) is 30.5 Å². The van der Waals surface area contributed by atoms with Gasteiger partial charge < -0.3 is 10.1 Å². The summed E-state index contributed by atoms with van der Waals surface area (Å²) in [6.45, 7) is -2.20. The van der Waals surface area contributed by atoms with Crippen molar-refractivity contribution in [1.82, 2.24) is 9.71 Å². The number of nitrogens with one attached hydrogen (secondary N) is 2. The number of fused-ring (bicyclic) bond motifs is 1. The molecule has 0 bridgehead atoms. The van der Waals surface area contributed by atoms with E-state index in [0.29, 0.717) is 16.0 Å². The Morgan fingerprint density at radius 2 is 1.94 bits per heavy atom. The lowest BCUT2D eigenvalue weighted by molar-refractivity contribution is -0.138. The maximum Gasteiger partial charge on any atom is 0.322 e. The molecular formula is C24H20N2O4S2. The van der Waals surface area contributed by atoms with Gasteiger partial charge in [0.05, 0.1) is 4.88 Å². The summed E-state index contributed by atoms with van der Waals surface area (Å²) in [5.74, 6) is 4.45. The van der Waals surface area contributed by atoms with Gasteiger partial charge in [0.2, 0.25) is 0 Å². The summed E-state index contributed by atoms with van der Waals surface area (Å²) in [4.78, 5) is 15.4. The highest BCUT2D eigenvalue weighted by Crippen LogP contribution is 2.23. The first-order valence-corrected chi connectivity index (χ1v) is 11.9. The fourth-order valence-corrected chi connectivity index (χ4v) is 5.53. The average Bonchev–Trinajstić information content (AvgIpc) is 3.45. The van der Waals surface area contributed by atoms with Gasteiger partial charge in [0, 0.05) is 33.2 Å². The van der Waals surface area contributed by atoms with E-state index < -0.39 is 28.9 Å².